The highest BCUT2D eigenvalue weighted by Crippen LogP contribution is 2.03. The van der Waals surface area contributed by atoms with Crippen molar-refractivity contribution in [3.05, 3.63) is 0 Å². The van der Waals surface area contributed by atoms with Gasteiger partial charge in [0.15, 0.2) is 0 Å². The second kappa shape index (κ2) is 8.21. The molecule has 0 aromatic carbocycles. The van der Waals surface area contributed by atoms with Crippen LogP contribution >= 0.6 is 0 Å². The number of hydrogen-bond acceptors (Lipinski definition) is 3. The summed E-state index contributed by atoms with van der Waals surface area (Å²) in [5.74, 6) is 0.423. The molecule has 0 rings (SSSR count). The fourth-order valence-corrected chi connectivity index (χ4v) is 1.24. The summed E-state index contributed by atoms with van der Waals surface area (Å²) in [5.41, 5.74) is 0. The average molecular weight is 203 g/mol. The van der Waals surface area contributed by atoms with Crippen LogP contribution in [0.2, 0.25) is 0 Å². The number of methoxy groups -OCH3 is 1. The number of hydrogen-bond donors (Lipinski definition) is 2. The highest BCUT2D eigenvalue weighted by Gasteiger charge is 2.09. The summed E-state index contributed by atoms with van der Waals surface area (Å²) < 4.78 is 5.21. The first-order valence-corrected chi connectivity index (χ1v) is 5.48. The van der Waals surface area contributed by atoms with Crippen molar-refractivity contribution in [2.45, 2.75) is 45.8 Å². The Morgan fingerprint density at radius 2 is 1.93 bits per heavy atom. The molecular formula is C11H25NO2. The van der Waals surface area contributed by atoms with Crippen molar-refractivity contribution >= 4 is 0 Å². The smallest absolute Gasteiger partial charge is 0.0693 e. The summed E-state index contributed by atoms with van der Waals surface area (Å²) in [4.78, 5) is 0. The van der Waals surface area contributed by atoms with E-state index in [0.717, 1.165) is 19.4 Å². The minimum Gasteiger partial charge on any atom is -0.396 e. The summed E-state index contributed by atoms with van der Waals surface area (Å²) in [6.45, 7) is 7.56. The van der Waals surface area contributed by atoms with Crippen molar-refractivity contribution in [3.63, 3.8) is 0 Å². The van der Waals surface area contributed by atoms with E-state index in [1.807, 2.05) is 0 Å². The molecular weight excluding hydrogens is 178 g/mol. The van der Waals surface area contributed by atoms with Gasteiger partial charge in [-0.3, -0.25) is 0 Å². The summed E-state index contributed by atoms with van der Waals surface area (Å²) >= 11 is 0. The van der Waals surface area contributed by atoms with Gasteiger partial charge < -0.3 is 15.2 Å². The molecule has 0 saturated carbocycles. The topological polar surface area (TPSA) is 41.5 Å². The van der Waals surface area contributed by atoms with Crippen molar-refractivity contribution in [2.75, 3.05) is 20.3 Å². The van der Waals surface area contributed by atoms with Crippen LogP contribution in [0.5, 0.6) is 0 Å². The molecule has 0 bridgehead atoms. The van der Waals surface area contributed by atoms with Crippen molar-refractivity contribution in [1.82, 2.24) is 5.32 Å². The van der Waals surface area contributed by atoms with Gasteiger partial charge in [0.2, 0.25) is 0 Å². The monoisotopic (exact) mass is 203 g/mol. The number of ether oxygens (including phenoxy) is 1. The molecule has 3 heteroatoms. The van der Waals surface area contributed by atoms with Crippen LogP contribution in [0.15, 0.2) is 0 Å². The number of aliphatic hydroxyl groups excluding tert-OH is 1. The zero-order valence-electron chi connectivity index (χ0n) is 9.92. The van der Waals surface area contributed by atoms with Crippen LogP contribution in [0.25, 0.3) is 0 Å². The van der Waals surface area contributed by atoms with Gasteiger partial charge in [-0.1, -0.05) is 6.92 Å². The third-order valence-corrected chi connectivity index (χ3v) is 2.73. The molecule has 0 aliphatic heterocycles. The normalized spacial score (nSPS) is 17.8. The molecule has 0 fully saturated rings. The lowest BCUT2D eigenvalue weighted by Crippen LogP contribution is -2.37. The van der Waals surface area contributed by atoms with Gasteiger partial charge in [0.05, 0.1) is 6.10 Å². The molecule has 14 heavy (non-hydrogen) atoms. The highest BCUT2D eigenvalue weighted by atomic mass is 16.5. The van der Waals surface area contributed by atoms with E-state index in [2.05, 4.69) is 26.1 Å². The van der Waals surface area contributed by atoms with Crippen LogP contribution in [0.4, 0.5) is 0 Å². The molecule has 0 aromatic heterocycles. The van der Waals surface area contributed by atoms with Gasteiger partial charge in [-0.15, -0.1) is 0 Å². The maximum Gasteiger partial charge on any atom is 0.0693 e. The zero-order chi connectivity index (χ0) is 11.0. The Bertz CT molecular complexity index is 130. The van der Waals surface area contributed by atoms with Gasteiger partial charge >= 0.3 is 0 Å². The molecule has 86 valence electrons. The van der Waals surface area contributed by atoms with Crippen LogP contribution in [0.1, 0.15) is 33.6 Å². The Morgan fingerprint density at radius 1 is 1.29 bits per heavy atom. The molecule has 0 aliphatic carbocycles. The predicted molar refractivity (Wildman–Crippen MR) is 59.4 cm³/mol. The van der Waals surface area contributed by atoms with E-state index in [0.29, 0.717) is 18.6 Å². The predicted octanol–water partition coefficient (Wildman–Crippen LogP) is 1.41. The zero-order valence-corrected chi connectivity index (χ0v) is 9.92. The quantitative estimate of drug-likeness (QED) is 0.586. The van der Waals surface area contributed by atoms with Crippen LogP contribution in [0, 0.1) is 5.92 Å². The minimum absolute atomic E-state index is 0.255. The summed E-state index contributed by atoms with van der Waals surface area (Å²) in [6, 6.07) is 0.393. The fraction of sp³-hybridized carbons (Fsp3) is 1.00. The highest BCUT2D eigenvalue weighted by molar-refractivity contribution is 4.67. The van der Waals surface area contributed by atoms with Crippen molar-refractivity contribution in [1.29, 1.82) is 0 Å². The molecule has 0 amide bonds. The Labute approximate surface area is 87.8 Å². The SMILES string of the molecule is COC(C)C(C)NCCCC(C)CO. The molecule has 0 spiro atoms. The van der Waals surface area contributed by atoms with E-state index in [1.54, 1.807) is 7.11 Å². The van der Waals surface area contributed by atoms with Crippen LogP contribution in [-0.4, -0.2) is 37.5 Å². The van der Waals surface area contributed by atoms with Crippen LogP contribution in [0.3, 0.4) is 0 Å². The Balaban J connectivity index is 3.35. The molecule has 3 atom stereocenters. The third-order valence-electron chi connectivity index (χ3n) is 2.73. The van der Waals surface area contributed by atoms with Crippen LogP contribution < -0.4 is 5.32 Å². The van der Waals surface area contributed by atoms with Gasteiger partial charge in [0.1, 0.15) is 0 Å². The third kappa shape index (κ3) is 6.35. The Hall–Kier alpha value is -0.120. The first kappa shape index (κ1) is 13.9. The van der Waals surface area contributed by atoms with E-state index in [1.165, 1.54) is 0 Å². The molecule has 2 N–H and O–H groups in total. The lowest BCUT2D eigenvalue weighted by Gasteiger charge is -2.20. The molecule has 0 saturated heterocycles. The average Bonchev–Trinajstić information content (AvgIpc) is 2.22. The van der Waals surface area contributed by atoms with Gasteiger partial charge in [-0.25, -0.2) is 0 Å². The second-order valence-corrected chi connectivity index (χ2v) is 4.11. The number of aliphatic hydroxyl groups is 1. The van der Waals surface area contributed by atoms with Crippen molar-refractivity contribution < 1.29 is 9.84 Å². The van der Waals surface area contributed by atoms with E-state index in [9.17, 15) is 0 Å². The van der Waals surface area contributed by atoms with Crippen molar-refractivity contribution in [3.8, 4) is 0 Å². The van der Waals surface area contributed by atoms with Gasteiger partial charge in [0.25, 0.3) is 0 Å². The summed E-state index contributed by atoms with van der Waals surface area (Å²) in [7, 11) is 1.73. The second-order valence-electron chi connectivity index (χ2n) is 4.11. The van der Waals surface area contributed by atoms with Crippen LogP contribution in [-0.2, 0) is 4.74 Å². The first-order valence-electron chi connectivity index (χ1n) is 5.48. The van der Waals surface area contributed by atoms with E-state index in [4.69, 9.17) is 9.84 Å². The van der Waals surface area contributed by atoms with Gasteiger partial charge in [0, 0.05) is 19.8 Å². The lowest BCUT2D eigenvalue weighted by molar-refractivity contribution is 0.0885. The number of nitrogens with one attached hydrogen (secondary N) is 1. The molecule has 0 radical (unpaired) electrons. The van der Waals surface area contributed by atoms with E-state index in [-0.39, 0.29) is 6.10 Å². The molecule has 3 unspecified atom stereocenters. The molecule has 0 aromatic rings. The molecule has 3 nitrogen and oxygen atoms in total. The first-order chi connectivity index (χ1) is 6.61. The van der Waals surface area contributed by atoms with E-state index >= 15 is 0 Å². The fourth-order valence-electron chi connectivity index (χ4n) is 1.24. The number of rotatable bonds is 8. The summed E-state index contributed by atoms with van der Waals surface area (Å²) in [6.07, 6.45) is 2.45. The molecule has 0 aliphatic rings. The Kier molecular flexibility index (Phi) is 8.14. The van der Waals surface area contributed by atoms with Gasteiger partial charge in [-0.05, 0) is 39.2 Å². The lowest BCUT2D eigenvalue weighted by atomic mass is 10.1. The Morgan fingerprint density at radius 3 is 2.43 bits per heavy atom. The summed E-state index contributed by atoms with van der Waals surface area (Å²) in [5, 5.41) is 12.2. The van der Waals surface area contributed by atoms with Gasteiger partial charge in [-0.2, -0.15) is 0 Å². The maximum atomic E-state index is 8.83. The van der Waals surface area contributed by atoms with E-state index < -0.39 is 0 Å². The minimum atomic E-state index is 0.255. The maximum absolute atomic E-state index is 8.83. The van der Waals surface area contributed by atoms with Crippen molar-refractivity contribution in [2.24, 2.45) is 5.92 Å². The molecule has 0 heterocycles. The standard InChI is InChI=1S/C11H25NO2/c1-9(8-13)6-5-7-12-10(2)11(3)14-4/h9-13H,5-8H2,1-4H3. The largest absolute Gasteiger partial charge is 0.396 e.